The molecule has 1 aromatic rings. The van der Waals surface area contributed by atoms with Crippen molar-refractivity contribution in [1.29, 1.82) is 0 Å². The predicted octanol–water partition coefficient (Wildman–Crippen LogP) is 3.96. The molecule has 0 spiro atoms. The third kappa shape index (κ3) is 3.86. The highest BCUT2D eigenvalue weighted by atomic mass is 16.7. The first-order valence-electron chi connectivity index (χ1n) is 6.05. The van der Waals surface area contributed by atoms with Gasteiger partial charge in [-0.25, -0.2) is 0 Å². The molecule has 1 aromatic carbocycles. The molecular formula is C14H22O2. The number of rotatable bonds is 6. The Bertz CT molecular complexity index is 292. The van der Waals surface area contributed by atoms with E-state index in [2.05, 4.69) is 26.0 Å². The van der Waals surface area contributed by atoms with Gasteiger partial charge >= 0.3 is 0 Å². The van der Waals surface area contributed by atoms with E-state index in [1.807, 2.05) is 26.0 Å². The van der Waals surface area contributed by atoms with Crippen LogP contribution in [-0.4, -0.2) is 12.9 Å². The molecule has 90 valence electrons. The average Bonchev–Trinajstić information content (AvgIpc) is 2.29. The van der Waals surface area contributed by atoms with Crippen molar-refractivity contribution in [3.8, 4) is 5.75 Å². The van der Waals surface area contributed by atoms with E-state index >= 15 is 0 Å². The zero-order valence-corrected chi connectivity index (χ0v) is 10.7. The summed E-state index contributed by atoms with van der Waals surface area (Å²) in [6.07, 6.45) is 0.981. The van der Waals surface area contributed by atoms with Crippen molar-refractivity contribution in [3.63, 3.8) is 0 Å². The van der Waals surface area contributed by atoms with Crippen LogP contribution >= 0.6 is 0 Å². The topological polar surface area (TPSA) is 18.5 Å². The van der Waals surface area contributed by atoms with Gasteiger partial charge in [-0.2, -0.15) is 0 Å². The lowest BCUT2D eigenvalue weighted by atomic mass is 9.99. The van der Waals surface area contributed by atoms with Gasteiger partial charge in [-0.15, -0.1) is 0 Å². The first kappa shape index (κ1) is 13.0. The van der Waals surface area contributed by atoms with Gasteiger partial charge in [0.25, 0.3) is 0 Å². The largest absolute Gasteiger partial charge is 0.465 e. The van der Waals surface area contributed by atoms with E-state index in [0.29, 0.717) is 12.5 Å². The fourth-order valence-corrected chi connectivity index (χ4v) is 1.57. The molecule has 16 heavy (non-hydrogen) atoms. The van der Waals surface area contributed by atoms with Crippen molar-refractivity contribution in [2.45, 2.75) is 46.3 Å². The van der Waals surface area contributed by atoms with Gasteiger partial charge in [0.2, 0.25) is 0 Å². The first-order valence-corrected chi connectivity index (χ1v) is 6.05. The van der Waals surface area contributed by atoms with Gasteiger partial charge in [0.1, 0.15) is 5.75 Å². The van der Waals surface area contributed by atoms with Crippen molar-refractivity contribution >= 4 is 0 Å². The maximum absolute atomic E-state index is 5.60. The molecule has 1 rings (SSSR count). The molecule has 0 N–H and O–H groups in total. The van der Waals surface area contributed by atoms with Crippen LogP contribution in [0.3, 0.4) is 0 Å². The first-order chi connectivity index (χ1) is 7.67. The highest BCUT2D eigenvalue weighted by molar-refractivity contribution is 5.29. The molecule has 0 fully saturated rings. The zero-order chi connectivity index (χ0) is 12.0. The zero-order valence-electron chi connectivity index (χ0n) is 10.7. The van der Waals surface area contributed by atoms with Gasteiger partial charge in [0.15, 0.2) is 6.29 Å². The van der Waals surface area contributed by atoms with E-state index in [1.165, 1.54) is 5.56 Å². The van der Waals surface area contributed by atoms with Crippen molar-refractivity contribution in [1.82, 2.24) is 0 Å². The molecule has 0 heterocycles. The van der Waals surface area contributed by atoms with Crippen LogP contribution in [0.2, 0.25) is 0 Å². The van der Waals surface area contributed by atoms with Crippen molar-refractivity contribution in [2.75, 3.05) is 6.61 Å². The minimum Gasteiger partial charge on any atom is -0.465 e. The second kappa shape index (κ2) is 6.54. The predicted molar refractivity (Wildman–Crippen MR) is 66.9 cm³/mol. The Morgan fingerprint density at radius 1 is 1.06 bits per heavy atom. The lowest BCUT2D eigenvalue weighted by Gasteiger charge is -2.15. The van der Waals surface area contributed by atoms with Gasteiger partial charge in [0, 0.05) is 6.61 Å². The second-order valence-corrected chi connectivity index (χ2v) is 4.02. The molecule has 0 bridgehead atoms. The van der Waals surface area contributed by atoms with E-state index in [0.717, 1.165) is 12.2 Å². The van der Waals surface area contributed by atoms with Crippen LogP contribution in [0.25, 0.3) is 0 Å². The minimum absolute atomic E-state index is 0.181. The summed E-state index contributed by atoms with van der Waals surface area (Å²) in [5.74, 6) is 1.48. The maximum Gasteiger partial charge on any atom is 0.196 e. The van der Waals surface area contributed by atoms with Gasteiger partial charge < -0.3 is 9.47 Å². The van der Waals surface area contributed by atoms with Crippen LogP contribution < -0.4 is 4.74 Å². The van der Waals surface area contributed by atoms with E-state index in [4.69, 9.17) is 9.47 Å². The summed E-state index contributed by atoms with van der Waals surface area (Å²) in [5, 5.41) is 0. The van der Waals surface area contributed by atoms with Crippen LogP contribution in [-0.2, 0) is 4.74 Å². The fourth-order valence-electron chi connectivity index (χ4n) is 1.57. The third-order valence-corrected chi connectivity index (χ3v) is 2.76. The summed E-state index contributed by atoms with van der Waals surface area (Å²) in [5.41, 5.74) is 1.36. The molecule has 0 saturated carbocycles. The Morgan fingerprint density at radius 3 is 2.19 bits per heavy atom. The number of hydrogen-bond donors (Lipinski definition) is 0. The lowest BCUT2D eigenvalue weighted by Crippen LogP contribution is -2.15. The summed E-state index contributed by atoms with van der Waals surface area (Å²) < 4.78 is 10.9. The quantitative estimate of drug-likeness (QED) is 0.678. The van der Waals surface area contributed by atoms with Gasteiger partial charge in [-0.05, 0) is 43.9 Å². The summed E-state index contributed by atoms with van der Waals surface area (Å²) in [7, 11) is 0. The monoisotopic (exact) mass is 222 g/mol. The summed E-state index contributed by atoms with van der Waals surface area (Å²) in [6, 6.07) is 8.28. The molecule has 2 atom stereocenters. The second-order valence-electron chi connectivity index (χ2n) is 4.02. The Balaban J connectivity index is 2.57. The standard InChI is InChI=1S/C14H22O2/c1-5-11(3)13-7-9-14(10-8-13)16-12(4)15-6-2/h7-12H,5-6H2,1-4H3. The smallest absolute Gasteiger partial charge is 0.196 e. The normalized spacial score (nSPS) is 14.5. The number of benzene rings is 1. The lowest BCUT2D eigenvalue weighted by molar-refractivity contribution is -0.0613. The number of hydrogen-bond acceptors (Lipinski definition) is 2. The molecule has 0 amide bonds. The van der Waals surface area contributed by atoms with Crippen molar-refractivity contribution in [2.24, 2.45) is 0 Å². The van der Waals surface area contributed by atoms with Crippen LogP contribution in [0.4, 0.5) is 0 Å². The van der Waals surface area contributed by atoms with Crippen molar-refractivity contribution < 1.29 is 9.47 Å². The van der Waals surface area contributed by atoms with Gasteiger partial charge in [0.05, 0.1) is 0 Å². The van der Waals surface area contributed by atoms with Crippen LogP contribution in [0.15, 0.2) is 24.3 Å². The molecule has 2 nitrogen and oxygen atoms in total. The SMILES string of the molecule is CCOC(C)Oc1ccc(C(C)CC)cc1. The molecule has 2 heteroatoms. The summed E-state index contributed by atoms with van der Waals surface area (Å²) >= 11 is 0. The molecule has 0 aromatic heterocycles. The minimum atomic E-state index is -0.181. The Hall–Kier alpha value is -1.02. The van der Waals surface area contributed by atoms with E-state index in [1.54, 1.807) is 0 Å². The summed E-state index contributed by atoms with van der Waals surface area (Å²) in [4.78, 5) is 0. The Morgan fingerprint density at radius 2 is 1.69 bits per heavy atom. The molecule has 0 aliphatic heterocycles. The summed E-state index contributed by atoms with van der Waals surface area (Å²) in [6.45, 7) is 8.98. The molecule has 0 aliphatic carbocycles. The van der Waals surface area contributed by atoms with E-state index in [9.17, 15) is 0 Å². The Labute approximate surface area is 98.6 Å². The molecule has 2 unspecified atom stereocenters. The average molecular weight is 222 g/mol. The van der Waals surface area contributed by atoms with E-state index in [-0.39, 0.29) is 6.29 Å². The molecule has 0 saturated heterocycles. The van der Waals surface area contributed by atoms with Crippen molar-refractivity contribution in [3.05, 3.63) is 29.8 Å². The molecule has 0 radical (unpaired) electrons. The van der Waals surface area contributed by atoms with Crippen LogP contribution in [0, 0.1) is 0 Å². The fraction of sp³-hybridized carbons (Fsp3) is 0.571. The van der Waals surface area contributed by atoms with Gasteiger partial charge in [-0.1, -0.05) is 26.0 Å². The maximum atomic E-state index is 5.60. The van der Waals surface area contributed by atoms with Crippen LogP contribution in [0.5, 0.6) is 5.75 Å². The Kier molecular flexibility index (Phi) is 5.33. The van der Waals surface area contributed by atoms with Crippen LogP contribution in [0.1, 0.15) is 45.6 Å². The van der Waals surface area contributed by atoms with E-state index < -0.39 is 0 Å². The highest BCUT2D eigenvalue weighted by Gasteiger charge is 2.05. The third-order valence-electron chi connectivity index (χ3n) is 2.76. The molecule has 0 aliphatic rings. The number of ether oxygens (including phenoxy) is 2. The molecular weight excluding hydrogens is 200 g/mol. The van der Waals surface area contributed by atoms with Gasteiger partial charge in [-0.3, -0.25) is 0 Å². The highest BCUT2D eigenvalue weighted by Crippen LogP contribution is 2.22.